The minimum atomic E-state index is 0.651. The summed E-state index contributed by atoms with van der Waals surface area (Å²) in [6.07, 6.45) is 6.10. The van der Waals surface area contributed by atoms with E-state index in [2.05, 4.69) is 26.8 Å². The predicted octanol–water partition coefficient (Wildman–Crippen LogP) is 0.812. The highest BCUT2D eigenvalue weighted by Gasteiger charge is 2.34. The van der Waals surface area contributed by atoms with Gasteiger partial charge in [-0.3, -0.25) is 4.90 Å². The van der Waals surface area contributed by atoms with Crippen LogP contribution in [0, 0.1) is 0 Å². The van der Waals surface area contributed by atoms with Crippen molar-refractivity contribution in [3.05, 3.63) is 11.9 Å². The summed E-state index contributed by atoms with van der Waals surface area (Å²) in [6, 6.07) is 1.56. The molecule has 3 rings (SSSR count). The topological polar surface area (TPSA) is 36.3 Å². The number of anilines is 1. The minimum Gasteiger partial charge on any atom is -0.348 e. The van der Waals surface area contributed by atoms with Gasteiger partial charge in [0.25, 0.3) is 0 Å². The van der Waals surface area contributed by atoms with Gasteiger partial charge in [0.2, 0.25) is 5.95 Å². The minimum absolute atomic E-state index is 0.651. The van der Waals surface area contributed by atoms with Gasteiger partial charge in [-0.1, -0.05) is 0 Å². The molecule has 2 fully saturated rings. The number of rotatable bonds is 5. The van der Waals surface area contributed by atoms with E-state index in [1.807, 2.05) is 25.2 Å². The van der Waals surface area contributed by atoms with Crippen molar-refractivity contribution in [2.45, 2.75) is 37.9 Å². The molecule has 1 aliphatic carbocycles. The third-order valence-corrected chi connectivity index (χ3v) is 4.31. The number of likely N-dealkylation sites (tertiary alicyclic amines) is 1. The van der Waals surface area contributed by atoms with Crippen molar-refractivity contribution in [2.75, 3.05) is 32.1 Å². The standard InChI is InChI=1S/C14H25N5/c1-17(2)14-16-9-13(18(14)3)8-15-11-6-7-19(10-11)12-4-5-12/h9,11-12,15H,4-8,10H2,1-3H3. The Bertz CT molecular complexity index is 435. The van der Waals surface area contributed by atoms with Crippen molar-refractivity contribution in [1.29, 1.82) is 0 Å². The average Bonchev–Trinajstić information content (AvgIpc) is 3.00. The second-order valence-electron chi connectivity index (χ2n) is 6.10. The number of hydrogen-bond acceptors (Lipinski definition) is 4. The van der Waals surface area contributed by atoms with Crippen LogP contribution in [-0.4, -0.2) is 53.7 Å². The van der Waals surface area contributed by atoms with Crippen molar-refractivity contribution in [1.82, 2.24) is 19.8 Å². The molecule has 106 valence electrons. The Morgan fingerprint density at radius 1 is 1.37 bits per heavy atom. The molecule has 0 radical (unpaired) electrons. The smallest absolute Gasteiger partial charge is 0.204 e. The first-order chi connectivity index (χ1) is 9.15. The van der Waals surface area contributed by atoms with E-state index in [1.54, 1.807) is 0 Å². The van der Waals surface area contributed by atoms with Crippen LogP contribution in [0.5, 0.6) is 0 Å². The molecule has 19 heavy (non-hydrogen) atoms. The molecule has 5 heteroatoms. The number of aromatic nitrogens is 2. The number of nitrogens with zero attached hydrogens (tertiary/aromatic N) is 4. The van der Waals surface area contributed by atoms with Gasteiger partial charge in [0.1, 0.15) is 0 Å². The van der Waals surface area contributed by atoms with E-state index in [-0.39, 0.29) is 0 Å². The maximum Gasteiger partial charge on any atom is 0.204 e. The van der Waals surface area contributed by atoms with Crippen LogP contribution in [-0.2, 0) is 13.6 Å². The lowest BCUT2D eigenvalue weighted by Gasteiger charge is -2.16. The summed E-state index contributed by atoms with van der Waals surface area (Å²) in [4.78, 5) is 9.15. The summed E-state index contributed by atoms with van der Waals surface area (Å²) < 4.78 is 2.17. The first-order valence-electron chi connectivity index (χ1n) is 7.30. The van der Waals surface area contributed by atoms with Crippen molar-refractivity contribution < 1.29 is 0 Å². The molecule has 1 atom stereocenters. The lowest BCUT2D eigenvalue weighted by molar-refractivity contribution is 0.317. The first kappa shape index (κ1) is 12.9. The number of nitrogens with one attached hydrogen (secondary N) is 1. The molecule has 2 heterocycles. The summed E-state index contributed by atoms with van der Waals surface area (Å²) in [5.74, 6) is 1.02. The highest BCUT2D eigenvalue weighted by Crippen LogP contribution is 2.29. The maximum absolute atomic E-state index is 4.45. The number of hydrogen-bond donors (Lipinski definition) is 1. The van der Waals surface area contributed by atoms with Crippen molar-refractivity contribution in [3.63, 3.8) is 0 Å². The lowest BCUT2D eigenvalue weighted by atomic mass is 10.2. The molecule has 0 spiro atoms. The Kier molecular flexibility index (Phi) is 3.50. The third kappa shape index (κ3) is 2.77. The van der Waals surface area contributed by atoms with E-state index in [0.29, 0.717) is 6.04 Å². The van der Waals surface area contributed by atoms with Gasteiger partial charge in [-0.25, -0.2) is 4.98 Å². The molecule has 1 N–H and O–H groups in total. The second kappa shape index (κ2) is 5.13. The molecule has 1 saturated carbocycles. The summed E-state index contributed by atoms with van der Waals surface area (Å²) in [5, 5.41) is 3.68. The molecule has 0 aromatic carbocycles. The van der Waals surface area contributed by atoms with E-state index in [4.69, 9.17) is 0 Å². The monoisotopic (exact) mass is 263 g/mol. The van der Waals surface area contributed by atoms with Gasteiger partial charge < -0.3 is 14.8 Å². The molecule has 0 amide bonds. The molecule has 1 aliphatic heterocycles. The zero-order valence-electron chi connectivity index (χ0n) is 12.3. The Balaban J connectivity index is 1.52. The molecule has 5 nitrogen and oxygen atoms in total. The second-order valence-corrected chi connectivity index (χ2v) is 6.10. The van der Waals surface area contributed by atoms with Crippen LogP contribution >= 0.6 is 0 Å². The predicted molar refractivity (Wildman–Crippen MR) is 77.4 cm³/mol. The van der Waals surface area contributed by atoms with Crippen LogP contribution < -0.4 is 10.2 Å². The molecule has 1 aromatic rings. The van der Waals surface area contributed by atoms with Gasteiger partial charge >= 0.3 is 0 Å². The van der Waals surface area contributed by atoms with Gasteiger partial charge in [-0.15, -0.1) is 0 Å². The molecular weight excluding hydrogens is 238 g/mol. The largest absolute Gasteiger partial charge is 0.348 e. The SMILES string of the molecule is CN(C)c1ncc(CNC2CCN(C3CC3)C2)n1C. The average molecular weight is 263 g/mol. The summed E-state index contributed by atoms with van der Waals surface area (Å²) in [7, 11) is 6.15. The fourth-order valence-electron chi connectivity index (χ4n) is 2.99. The zero-order chi connectivity index (χ0) is 13.4. The quantitative estimate of drug-likeness (QED) is 0.853. The van der Waals surface area contributed by atoms with Gasteiger partial charge in [-0.05, 0) is 19.3 Å². The van der Waals surface area contributed by atoms with Crippen molar-refractivity contribution in [3.8, 4) is 0 Å². The summed E-state index contributed by atoms with van der Waals surface area (Å²) in [6.45, 7) is 3.42. The van der Waals surface area contributed by atoms with E-state index in [9.17, 15) is 0 Å². The Morgan fingerprint density at radius 2 is 2.16 bits per heavy atom. The molecule has 1 aromatic heterocycles. The molecule has 2 aliphatic rings. The third-order valence-electron chi connectivity index (χ3n) is 4.31. The van der Waals surface area contributed by atoms with Gasteiger partial charge in [-0.2, -0.15) is 0 Å². The van der Waals surface area contributed by atoms with Crippen LogP contribution in [0.4, 0.5) is 5.95 Å². The maximum atomic E-state index is 4.45. The fourth-order valence-corrected chi connectivity index (χ4v) is 2.99. The van der Waals surface area contributed by atoms with Gasteiger partial charge in [0.15, 0.2) is 0 Å². The van der Waals surface area contributed by atoms with E-state index in [0.717, 1.165) is 18.5 Å². The van der Waals surface area contributed by atoms with Crippen molar-refractivity contribution >= 4 is 5.95 Å². The molecular formula is C14H25N5. The van der Waals surface area contributed by atoms with Crippen LogP contribution in [0.3, 0.4) is 0 Å². The van der Waals surface area contributed by atoms with E-state index >= 15 is 0 Å². The Morgan fingerprint density at radius 3 is 2.79 bits per heavy atom. The van der Waals surface area contributed by atoms with Crippen LogP contribution in [0.25, 0.3) is 0 Å². The van der Waals surface area contributed by atoms with E-state index in [1.165, 1.54) is 38.0 Å². The van der Waals surface area contributed by atoms with Gasteiger partial charge in [0.05, 0.1) is 11.9 Å². The number of imidazole rings is 1. The highest BCUT2D eigenvalue weighted by molar-refractivity contribution is 5.30. The Labute approximate surface area is 115 Å². The normalized spacial score (nSPS) is 24.1. The van der Waals surface area contributed by atoms with Crippen molar-refractivity contribution in [2.24, 2.45) is 7.05 Å². The van der Waals surface area contributed by atoms with Crippen LogP contribution in [0.15, 0.2) is 6.20 Å². The van der Waals surface area contributed by atoms with Crippen LogP contribution in [0.2, 0.25) is 0 Å². The highest BCUT2D eigenvalue weighted by atomic mass is 15.3. The molecule has 1 unspecified atom stereocenters. The first-order valence-corrected chi connectivity index (χ1v) is 7.30. The molecule has 1 saturated heterocycles. The lowest BCUT2D eigenvalue weighted by Crippen LogP contribution is -2.33. The Hall–Kier alpha value is -1.07. The molecule has 0 bridgehead atoms. The van der Waals surface area contributed by atoms with Gasteiger partial charge in [0, 0.05) is 52.9 Å². The fraction of sp³-hybridized carbons (Fsp3) is 0.786. The van der Waals surface area contributed by atoms with E-state index < -0.39 is 0 Å². The summed E-state index contributed by atoms with van der Waals surface area (Å²) >= 11 is 0. The summed E-state index contributed by atoms with van der Waals surface area (Å²) in [5.41, 5.74) is 1.26. The van der Waals surface area contributed by atoms with Crippen LogP contribution in [0.1, 0.15) is 25.0 Å². The zero-order valence-corrected chi connectivity index (χ0v) is 12.3.